The topological polar surface area (TPSA) is 70.0 Å². The van der Waals surface area contributed by atoms with Crippen LogP contribution in [0.1, 0.15) is 19.4 Å². The summed E-state index contributed by atoms with van der Waals surface area (Å²) >= 11 is 0. The van der Waals surface area contributed by atoms with Crippen LogP contribution in [-0.2, 0) is 10.0 Å². The zero-order valence-corrected chi connectivity index (χ0v) is 11.0. The third-order valence-corrected chi connectivity index (χ3v) is 3.88. The van der Waals surface area contributed by atoms with E-state index >= 15 is 0 Å². The molecule has 1 N–H and O–H groups in total. The Labute approximate surface area is 102 Å². The van der Waals surface area contributed by atoms with Gasteiger partial charge in [0.05, 0.1) is 11.0 Å². The van der Waals surface area contributed by atoms with Crippen LogP contribution in [0.3, 0.4) is 0 Å². The Kier molecular flexibility index (Phi) is 4.27. The molecule has 0 radical (unpaired) electrons. The van der Waals surface area contributed by atoms with Crippen molar-refractivity contribution in [3.63, 3.8) is 0 Å². The molecule has 0 aliphatic rings. The number of aryl methyl sites for hydroxylation is 1. The zero-order chi connectivity index (χ0) is 13.1. The van der Waals surface area contributed by atoms with Crippen molar-refractivity contribution < 1.29 is 8.42 Å². The van der Waals surface area contributed by atoms with Crippen molar-refractivity contribution >= 4 is 10.0 Å². The summed E-state index contributed by atoms with van der Waals surface area (Å²) < 4.78 is 26.3. The average Bonchev–Trinajstić information content (AvgIpc) is 2.26. The maximum Gasteiger partial charge on any atom is 0.241 e. The van der Waals surface area contributed by atoms with Crippen molar-refractivity contribution in [1.82, 2.24) is 4.72 Å². The molecule has 1 aromatic carbocycles. The zero-order valence-electron chi connectivity index (χ0n) is 10.1. The lowest BCUT2D eigenvalue weighted by atomic mass is 10.1. The van der Waals surface area contributed by atoms with Crippen LogP contribution in [0, 0.1) is 24.2 Å². The van der Waals surface area contributed by atoms with Gasteiger partial charge in [-0.1, -0.05) is 31.5 Å². The van der Waals surface area contributed by atoms with Gasteiger partial charge < -0.3 is 0 Å². The van der Waals surface area contributed by atoms with Crippen LogP contribution < -0.4 is 4.72 Å². The van der Waals surface area contributed by atoms with Crippen LogP contribution in [0.15, 0.2) is 29.2 Å². The molecule has 0 aliphatic heterocycles. The number of nitrogens with one attached hydrogen (secondary N) is 1. The first kappa shape index (κ1) is 13.7. The lowest BCUT2D eigenvalue weighted by Crippen LogP contribution is -2.37. The number of nitriles is 1. The molecule has 0 aliphatic carbocycles. The van der Waals surface area contributed by atoms with Crippen molar-refractivity contribution in [3.05, 3.63) is 29.8 Å². The van der Waals surface area contributed by atoms with E-state index in [9.17, 15) is 8.42 Å². The summed E-state index contributed by atoms with van der Waals surface area (Å²) in [6, 6.07) is 7.76. The van der Waals surface area contributed by atoms with Crippen LogP contribution in [0.25, 0.3) is 0 Å². The highest BCUT2D eigenvalue weighted by Gasteiger charge is 2.21. The molecule has 5 heteroatoms. The molecule has 0 fully saturated rings. The van der Waals surface area contributed by atoms with Gasteiger partial charge >= 0.3 is 0 Å². The first-order chi connectivity index (χ1) is 7.86. The van der Waals surface area contributed by atoms with Gasteiger partial charge in [-0.2, -0.15) is 9.98 Å². The van der Waals surface area contributed by atoms with E-state index in [0.717, 1.165) is 5.56 Å². The predicted molar refractivity (Wildman–Crippen MR) is 65.7 cm³/mol. The van der Waals surface area contributed by atoms with E-state index in [1.54, 1.807) is 26.0 Å². The van der Waals surface area contributed by atoms with Gasteiger partial charge in [-0.3, -0.25) is 0 Å². The first-order valence-corrected chi connectivity index (χ1v) is 6.84. The SMILES string of the molecule is Cc1ccc(S(=O)(=O)N[C@@H](C#N)C(C)C)cc1. The fraction of sp³-hybridized carbons (Fsp3) is 0.417. The van der Waals surface area contributed by atoms with Crippen molar-refractivity contribution in [2.75, 3.05) is 0 Å². The lowest BCUT2D eigenvalue weighted by molar-refractivity contribution is 0.515. The largest absolute Gasteiger partial charge is 0.241 e. The molecule has 17 heavy (non-hydrogen) atoms. The molecule has 0 heterocycles. The minimum absolute atomic E-state index is 0.0692. The second-order valence-electron chi connectivity index (χ2n) is 4.29. The lowest BCUT2D eigenvalue weighted by Gasteiger charge is -2.15. The Morgan fingerprint density at radius 1 is 1.24 bits per heavy atom. The van der Waals surface area contributed by atoms with Gasteiger partial charge in [-0.15, -0.1) is 0 Å². The van der Waals surface area contributed by atoms with E-state index in [2.05, 4.69) is 4.72 Å². The number of nitrogens with zero attached hydrogens (tertiary/aromatic N) is 1. The van der Waals surface area contributed by atoms with Crippen LogP contribution in [0.5, 0.6) is 0 Å². The molecular weight excluding hydrogens is 236 g/mol. The summed E-state index contributed by atoms with van der Waals surface area (Å²) in [5, 5.41) is 8.87. The van der Waals surface area contributed by atoms with Crippen LogP contribution in [-0.4, -0.2) is 14.5 Å². The van der Waals surface area contributed by atoms with Gasteiger partial charge in [0.15, 0.2) is 0 Å². The molecule has 0 bridgehead atoms. The molecule has 4 nitrogen and oxygen atoms in total. The van der Waals surface area contributed by atoms with Crippen LogP contribution in [0.4, 0.5) is 0 Å². The molecule has 1 atom stereocenters. The number of hydrogen-bond acceptors (Lipinski definition) is 3. The Morgan fingerprint density at radius 2 is 1.76 bits per heavy atom. The van der Waals surface area contributed by atoms with Gasteiger partial charge in [0.2, 0.25) is 10.0 Å². The molecule has 0 saturated heterocycles. The number of hydrogen-bond donors (Lipinski definition) is 1. The van der Waals surface area contributed by atoms with Crippen molar-refractivity contribution in [2.45, 2.75) is 31.7 Å². The van der Waals surface area contributed by atoms with Crippen LogP contribution in [0.2, 0.25) is 0 Å². The minimum atomic E-state index is -3.61. The van der Waals surface area contributed by atoms with Crippen LogP contribution >= 0.6 is 0 Å². The van der Waals surface area contributed by atoms with E-state index in [1.807, 2.05) is 13.0 Å². The summed E-state index contributed by atoms with van der Waals surface area (Å²) in [6.07, 6.45) is 0. The maximum atomic E-state index is 12.0. The van der Waals surface area contributed by atoms with Gasteiger partial charge in [-0.05, 0) is 25.0 Å². The van der Waals surface area contributed by atoms with E-state index in [1.165, 1.54) is 12.1 Å². The minimum Gasteiger partial charge on any atom is -0.207 e. The number of benzene rings is 1. The van der Waals surface area contributed by atoms with E-state index in [4.69, 9.17) is 5.26 Å². The molecule has 1 rings (SSSR count). The molecule has 1 aromatic rings. The normalized spacial score (nSPS) is 13.4. The molecule has 0 spiro atoms. The number of sulfonamides is 1. The van der Waals surface area contributed by atoms with Gasteiger partial charge in [0, 0.05) is 0 Å². The summed E-state index contributed by atoms with van der Waals surface area (Å²) in [6.45, 7) is 5.48. The predicted octanol–water partition coefficient (Wildman–Crippen LogP) is 1.82. The van der Waals surface area contributed by atoms with E-state index < -0.39 is 16.1 Å². The molecule has 0 unspecified atom stereocenters. The summed E-state index contributed by atoms with van der Waals surface area (Å²) in [5.41, 5.74) is 0.990. The Morgan fingerprint density at radius 3 is 2.18 bits per heavy atom. The van der Waals surface area contributed by atoms with Gasteiger partial charge in [0.1, 0.15) is 6.04 Å². The third-order valence-electron chi connectivity index (χ3n) is 2.42. The fourth-order valence-corrected chi connectivity index (χ4v) is 2.55. The van der Waals surface area contributed by atoms with Crippen molar-refractivity contribution in [3.8, 4) is 6.07 Å². The molecule has 92 valence electrons. The molecule has 0 amide bonds. The summed E-state index contributed by atoms with van der Waals surface area (Å²) in [5.74, 6) is -0.0692. The summed E-state index contributed by atoms with van der Waals surface area (Å²) in [7, 11) is -3.61. The highest BCUT2D eigenvalue weighted by Crippen LogP contribution is 2.12. The van der Waals surface area contributed by atoms with E-state index in [-0.39, 0.29) is 10.8 Å². The Hall–Kier alpha value is -1.38. The first-order valence-electron chi connectivity index (χ1n) is 5.35. The highest BCUT2D eigenvalue weighted by atomic mass is 32.2. The van der Waals surface area contributed by atoms with Crippen molar-refractivity contribution in [2.24, 2.45) is 5.92 Å². The van der Waals surface area contributed by atoms with Gasteiger partial charge in [0.25, 0.3) is 0 Å². The fourth-order valence-electron chi connectivity index (χ4n) is 1.26. The quantitative estimate of drug-likeness (QED) is 0.888. The monoisotopic (exact) mass is 252 g/mol. The standard InChI is InChI=1S/C12H16N2O2S/c1-9(2)12(8-13)14-17(15,16)11-6-4-10(3)5-7-11/h4-7,9,12,14H,1-3H3/t12-/m0/s1. The third kappa shape index (κ3) is 3.55. The number of rotatable bonds is 4. The Balaban J connectivity index is 2.97. The molecular formula is C12H16N2O2S. The maximum absolute atomic E-state index is 12.0. The Bertz CT molecular complexity index is 512. The van der Waals surface area contributed by atoms with Gasteiger partial charge in [-0.25, -0.2) is 8.42 Å². The smallest absolute Gasteiger partial charge is 0.207 e. The second-order valence-corrected chi connectivity index (χ2v) is 6.00. The molecule has 0 aromatic heterocycles. The van der Waals surface area contributed by atoms with Crippen molar-refractivity contribution in [1.29, 1.82) is 5.26 Å². The second kappa shape index (κ2) is 5.30. The van der Waals surface area contributed by atoms with E-state index in [0.29, 0.717) is 0 Å². The average molecular weight is 252 g/mol. The highest BCUT2D eigenvalue weighted by molar-refractivity contribution is 7.89. The molecule has 0 saturated carbocycles. The summed E-state index contributed by atoms with van der Waals surface area (Å²) in [4.78, 5) is 0.184.